The number of aliphatic hydroxyl groups is 1. The normalized spacial score (nSPS) is 12.7. The smallest absolute Gasteiger partial charge is 0.136 e. The quantitative estimate of drug-likeness (QED) is 0.729. The highest BCUT2D eigenvalue weighted by atomic mass is 35.5. The summed E-state index contributed by atoms with van der Waals surface area (Å²) in [6.45, 7) is 1.95. The molecule has 1 heterocycles. The summed E-state index contributed by atoms with van der Waals surface area (Å²) in [5, 5.41) is 10.3. The molecule has 0 radical (unpaired) electrons. The minimum atomic E-state index is -0.119. The molecule has 1 unspecified atom stereocenters. The van der Waals surface area contributed by atoms with Gasteiger partial charge in [-0.25, -0.2) is 4.98 Å². The zero-order valence-corrected chi connectivity index (χ0v) is 12.4. The lowest BCUT2D eigenvalue weighted by molar-refractivity contribution is 0.264. The summed E-state index contributed by atoms with van der Waals surface area (Å²) in [4.78, 5) is 4.46. The van der Waals surface area contributed by atoms with E-state index in [1.807, 2.05) is 47.0 Å². The standard InChI is InChI=1S/C16H16ClN3O/c1-10(11-2-4-12(17)5-3-11)20-15-7-6-13(18)8-14(15)19-16(20)9-21/h2-8,10,21H,9,18H2,1H3. The van der Waals surface area contributed by atoms with Gasteiger partial charge in [0.2, 0.25) is 0 Å². The number of imidazole rings is 1. The van der Waals surface area contributed by atoms with E-state index in [1.54, 1.807) is 0 Å². The Morgan fingerprint density at radius 2 is 1.95 bits per heavy atom. The van der Waals surface area contributed by atoms with Crippen LogP contribution >= 0.6 is 11.6 Å². The van der Waals surface area contributed by atoms with Gasteiger partial charge in [0, 0.05) is 10.7 Å². The summed E-state index contributed by atoms with van der Waals surface area (Å²) in [5.41, 5.74) is 9.31. The molecule has 2 aromatic carbocycles. The van der Waals surface area contributed by atoms with E-state index in [1.165, 1.54) is 0 Å². The number of nitrogens with zero attached hydrogens (tertiary/aromatic N) is 2. The van der Waals surface area contributed by atoms with Crippen molar-refractivity contribution in [2.45, 2.75) is 19.6 Å². The molecule has 0 amide bonds. The summed E-state index contributed by atoms with van der Waals surface area (Å²) in [6, 6.07) is 13.3. The van der Waals surface area contributed by atoms with E-state index in [4.69, 9.17) is 17.3 Å². The number of rotatable bonds is 3. The van der Waals surface area contributed by atoms with Crippen LogP contribution in [0.15, 0.2) is 42.5 Å². The Morgan fingerprint density at radius 1 is 1.24 bits per heavy atom. The second-order valence-electron chi connectivity index (χ2n) is 5.03. The molecule has 0 saturated carbocycles. The number of nitrogen functional groups attached to an aromatic ring is 1. The van der Waals surface area contributed by atoms with Crippen LogP contribution in [0.4, 0.5) is 5.69 Å². The van der Waals surface area contributed by atoms with Gasteiger partial charge < -0.3 is 15.4 Å². The number of fused-ring (bicyclic) bond motifs is 1. The average Bonchev–Trinajstić information content (AvgIpc) is 2.84. The predicted molar refractivity (Wildman–Crippen MR) is 85.3 cm³/mol. The van der Waals surface area contributed by atoms with Crippen molar-refractivity contribution < 1.29 is 5.11 Å². The molecule has 0 fully saturated rings. The predicted octanol–water partition coefficient (Wildman–Crippen LogP) is 3.37. The first kappa shape index (κ1) is 13.9. The third-order valence-electron chi connectivity index (χ3n) is 3.67. The van der Waals surface area contributed by atoms with Crippen molar-refractivity contribution in [3.05, 3.63) is 58.9 Å². The minimum absolute atomic E-state index is 0.0399. The fraction of sp³-hybridized carbons (Fsp3) is 0.188. The Kier molecular flexibility index (Phi) is 3.57. The zero-order chi connectivity index (χ0) is 15.0. The molecule has 4 nitrogen and oxygen atoms in total. The second-order valence-corrected chi connectivity index (χ2v) is 5.47. The number of hydrogen-bond acceptors (Lipinski definition) is 3. The van der Waals surface area contributed by atoms with Crippen molar-refractivity contribution in [1.82, 2.24) is 9.55 Å². The number of benzene rings is 2. The van der Waals surface area contributed by atoms with Gasteiger partial charge in [0.05, 0.1) is 17.1 Å². The number of aromatic nitrogens is 2. The van der Waals surface area contributed by atoms with Crippen LogP contribution in [0.1, 0.15) is 24.4 Å². The van der Waals surface area contributed by atoms with Gasteiger partial charge >= 0.3 is 0 Å². The van der Waals surface area contributed by atoms with Crippen LogP contribution in [0.5, 0.6) is 0 Å². The van der Waals surface area contributed by atoms with Crippen molar-refractivity contribution >= 4 is 28.3 Å². The van der Waals surface area contributed by atoms with Crippen LogP contribution in [0, 0.1) is 0 Å². The van der Waals surface area contributed by atoms with Crippen molar-refractivity contribution in [3.63, 3.8) is 0 Å². The van der Waals surface area contributed by atoms with Gasteiger partial charge in [-0.3, -0.25) is 0 Å². The second kappa shape index (κ2) is 5.39. The molecule has 1 atom stereocenters. The molecule has 21 heavy (non-hydrogen) atoms. The maximum atomic E-state index is 9.59. The largest absolute Gasteiger partial charge is 0.399 e. The highest BCUT2D eigenvalue weighted by molar-refractivity contribution is 6.30. The van der Waals surface area contributed by atoms with E-state index >= 15 is 0 Å². The Labute approximate surface area is 127 Å². The molecule has 5 heteroatoms. The lowest BCUT2D eigenvalue weighted by Gasteiger charge is -2.17. The Hall–Kier alpha value is -2.04. The summed E-state index contributed by atoms with van der Waals surface area (Å²) < 4.78 is 2.03. The molecule has 108 valence electrons. The van der Waals surface area contributed by atoms with E-state index in [9.17, 15) is 5.11 Å². The molecule has 0 bridgehead atoms. The molecule has 3 rings (SSSR count). The molecule has 3 N–H and O–H groups in total. The van der Waals surface area contributed by atoms with E-state index in [-0.39, 0.29) is 12.6 Å². The van der Waals surface area contributed by atoms with E-state index in [0.717, 1.165) is 16.6 Å². The third-order valence-corrected chi connectivity index (χ3v) is 3.92. The van der Waals surface area contributed by atoms with Gasteiger partial charge in [0.25, 0.3) is 0 Å². The van der Waals surface area contributed by atoms with Crippen LogP contribution in [0.3, 0.4) is 0 Å². The molecule has 0 aliphatic carbocycles. The van der Waals surface area contributed by atoms with E-state index in [0.29, 0.717) is 16.5 Å². The number of nitrogens with two attached hydrogens (primary N) is 1. The first-order valence-corrected chi connectivity index (χ1v) is 7.10. The van der Waals surface area contributed by atoms with Gasteiger partial charge in [-0.15, -0.1) is 0 Å². The topological polar surface area (TPSA) is 64.1 Å². The van der Waals surface area contributed by atoms with E-state index in [2.05, 4.69) is 11.9 Å². The first-order chi connectivity index (χ1) is 10.1. The molecule has 3 aromatic rings. The lowest BCUT2D eigenvalue weighted by atomic mass is 10.1. The monoisotopic (exact) mass is 301 g/mol. The molecular weight excluding hydrogens is 286 g/mol. The van der Waals surface area contributed by atoms with Crippen LogP contribution in [0.25, 0.3) is 11.0 Å². The fourth-order valence-corrected chi connectivity index (χ4v) is 2.73. The number of hydrogen-bond donors (Lipinski definition) is 2. The van der Waals surface area contributed by atoms with Crippen molar-refractivity contribution in [3.8, 4) is 0 Å². The molecule has 1 aromatic heterocycles. The Balaban J connectivity index is 2.16. The van der Waals surface area contributed by atoms with Crippen molar-refractivity contribution in [2.75, 3.05) is 5.73 Å². The van der Waals surface area contributed by atoms with Gasteiger partial charge in [-0.1, -0.05) is 23.7 Å². The molecule has 0 spiro atoms. The van der Waals surface area contributed by atoms with Crippen LogP contribution in [-0.2, 0) is 6.61 Å². The lowest BCUT2D eigenvalue weighted by Crippen LogP contribution is -2.10. The van der Waals surface area contributed by atoms with Crippen LogP contribution in [0.2, 0.25) is 5.02 Å². The SMILES string of the molecule is CC(c1ccc(Cl)cc1)n1c(CO)nc2cc(N)ccc21. The zero-order valence-electron chi connectivity index (χ0n) is 11.6. The first-order valence-electron chi connectivity index (χ1n) is 6.73. The van der Waals surface area contributed by atoms with Crippen molar-refractivity contribution in [1.29, 1.82) is 0 Å². The number of aliphatic hydroxyl groups excluding tert-OH is 1. The molecular formula is C16H16ClN3O. The van der Waals surface area contributed by atoms with Gasteiger partial charge in [-0.05, 0) is 42.8 Å². The number of halogens is 1. The summed E-state index contributed by atoms with van der Waals surface area (Å²) in [7, 11) is 0. The van der Waals surface area contributed by atoms with Gasteiger partial charge in [0.15, 0.2) is 0 Å². The van der Waals surface area contributed by atoms with Crippen LogP contribution in [-0.4, -0.2) is 14.7 Å². The molecule has 0 aliphatic heterocycles. The Morgan fingerprint density at radius 3 is 2.62 bits per heavy atom. The Bertz CT molecular complexity index is 780. The highest BCUT2D eigenvalue weighted by Crippen LogP contribution is 2.28. The summed E-state index contributed by atoms with van der Waals surface area (Å²) in [5.74, 6) is 0.623. The molecule has 0 saturated heterocycles. The van der Waals surface area contributed by atoms with Gasteiger partial charge in [0.1, 0.15) is 12.4 Å². The summed E-state index contributed by atoms with van der Waals surface area (Å²) >= 11 is 5.94. The van der Waals surface area contributed by atoms with E-state index < -0.39 is 0 Å². The highest BCUT2D eigenvalue weighted by Gasteiger charge is 2.16. The van der Waals surface area contributed by atoms with Gasteiger partial charge in [-0.2, -0.15) is 0 Å². The fourth-order valence-electron chi connectivity index (χ4n) is 2.60. The average molecular weight is 302 g/mol. The number of anilines is 1. The van der Waals surface area contributed by atoms with Crippen molar-refractivity contribution in [2.24, 2.45) is 0 Å². The third kappa shape index (κ3) is 2.48. The summed E-state index contributed by atoms with van der Waals surface area (Å²) in [6.07, 6.45) is 0. The molecule has 0 aliphatic rings. The maximum Gasteiger partial charge on any atom is 0.136 e. The minimum Gasteiger partial charge on any atom is -0.399 e. The maximum absolute atomic E-state index is 9.59. The van der Waals surface area contributed by atoms with Crippen LogP contribution < -0.4 is 5.73 Å².